The minimum Gasteiger partial charge on any atom is -0.465 e. The Balaban J connectivity index is 1.38. The molecular weight excluding hydrogens is 394 g/mol. The van der Waals surface area contributed by atoms with E-state index in [-0.39, 0.29) is 11.8 Å². The number of benzene rings is 1. The van der Waals surface area contributed by atoms with Crippen LogP contribution < -0.4 is 10.6 Å². The molecule has 0 unspecified atom stereocenters. The highest BCUT2D eigenvalue weighted by Gasteiger charge is 2.23. The van der Waals surface area contributed by atoms with Crippen LogP contribution in [0.3, 0.4) is 0 Å². The summed E-state index contributed by atoms with van der Waals surface area (Å²) in [6, 6.07) is 10.1. The van der Waals surface area contributed by atoms with Gasteiger partial charge >= 0.3 is 11.8 Å². The molecule has 152 valence electrons. The second kappa shape index (κ2) is 9.93. The van der Waals surface area contributed by atoms with Crippen LogP contribution in [0.15, 0.2) is 53.2 Å². The quantitative estimate of drug-likeness (QED) is 0.580. The van der Waals surface area contributed by atoms with E-state index in [1.807, 2.05) is 0 Å². The smallest absolute Gasteiger partial charge is 0.313 e. The molecule has 1 saturated heterocycles. The average molecular weight is 416 g/mol. The van der Waals surface area contributed by atoms with Gasteiger partial charge in [0.15, 0.2) is 0 Å². The monoisotopic (exact) mass is 415 g/mol. The lowest BCUT2D eigenvalue weighted by molar-refractivity contribution is -0.136. The van der Waals surface area contributed by atoms with Gasteiger partial charge < -0.3 is 20.0 Å². The number of anilines is 1. The third-order valence-electron chi connectivity index (χ3n) is 4.70. The highest BCUT2D eigenvalue weighted by molar-refractivity contribution is 6.39. The molecule has 1 aromatic heterocycles. The number of piperidine rings is 1. The van der Waals surface area contributed by atoms with Gasteiger partial charge in [-0.15, -0.1) is 0 Å². The van der Waals surface area contributed by atoms with Gasteiger partial charge in [0.05, 0.1) is 6.26 Å². The van der Waals surface area contributed by atoms with Gasteiger partial charge in [0.25, 0.3) is 0 Å². The largest absolute Gasteiger partial charge is 0.465 e. The number of carbonyl (C=O) groups is 3. The van der Waals surface area contributed by atoms with Crippen molar-refractivity contribution in [3.63, 3.8) is 0 Å². The average Bonchev–Trinajstić information content (AvgIpc) is 3.24. The summed E-state index contributed by atoms with van der Waals surface area (Å²) in [5.74, 6) is -0.638. The topological polar surface area (TPSA) is 91.7 Å². The molecule has 2 aromatic rings. The van der Waals surface area contributed by atoms with Gasteiger partial charge in [-0.1, -0.05) is 17.7 Å². The number of nitrogens with zero attached hydrogens (tertiary/aromatic N) is 1. The van der Waals surface area contributed by atoms with E-state index in [1.54, 1.807) is 53.6 Å². The first-order chi connectivity index (χ1) is 14.0. The maximum atomic E-state index is 12.2. The standard InChI is InChI=1S/C21H22ClN3O4/c22-16-3-1-4-17(13-16)24-21(28)20(27)23-14-15-8-10-25(11-9-15)19(26)7-6-18-5-2-12-29-18/h1-7,12-13,15H,8-11,14H2,(H,23,27)(H,24,28). The molecule has 3 amide bonds. The first kappa shape index (κ1) is 20.7. The summed E-state index contributed by atoms with van der Waals surface area (Å²) in [5.41, 5.74) is 0.465. The second-order valence-electron chi connectivity index (χ2n) is 6.79. The van der Waals surface area contributed by atoms with Crippen LogP contribution in [-0.2, 0) is 14.4 Å². The maximum absolute atomic E-state index is 12.2. The van der Waals surface area contributed by atoms with E-state index in [0.717, 1.165) is 12.8 Å². The Morgan fingerprint density at radius 3 is 2.62 bits per heavy atom. The Bertz CT molecular complexity index is 887. The molecule has 0 bridgehead atoms. The molecule has 0 saturated carbocycles. The number of carbonyl (C=O) groups excluding carboxylic acids is 3. The molecule has 29 heavy (non-hydrogen) atoms. The lowest BCUT2D eigenvalue weighted by Crippen LogP contribution is -2.43. The molecule has 1 aliphatic rings. The number of amides is 3. The van der Waals surface area contributed by atoms with Crippen molar-refractivity contribution in [2.75, 3.05) is 25.0 Å². The van der Waals surface area contributed by atoms with Crippen molar-refractivity contribution in [2.24, 2.45) is 5.92 Å². The number of rotatable bonds is 5. The maximum Gasteiger partial charge on any atom is 0.313 e. The molecule has 0 atom stereocenters. The summed E-state index contributed by atoms with van der Waals surface area (Å²) in [6.45, 7) is 1.61. The van der Waals surface area contributed by atoms with Gasteiger partial charge in [-0.3, -0.25) is 14.4 Å². The number of likely N-dealkylation sites (tertiary alicyclic amines) is 1. The number of furan rings is 1. The third kappa shape index (κ3) is 6.22. The van der Waals surface area contributed by atoms with E-state index in [9.17, 15) is 14.4 Å². The van der Waals surface area contributed by atoms with E-state index in [0.29, 0.717) is 36.1 Å². The SMILES string of the molecule is O=C(NCC1CCN(C(=O)C=Cc2ccco2)CC1)C(=O)Nc1cccc(Cl)c1. The molecule has 8 heteroatoms. The van der Waals surface area contributed by atoms with E-state index >= 15 is 0 Å². The predicted octanol–water partition coefficient (Wildman–Crippen LogP) is 2.94. The summed E-state index contributed by atoms with van der Waals surface area (Å²) in [6.07, 6.45) is 6.22. The zero-order valence-corrected chi connectivity index (χ0v) is 16.5. The van der Waals surface area contributed by atoms with Crippen LogP contribution in [-0.4, -0.2) is 42.3 Å². The Labute approximate surface area is 173 Å². The number of halogens is 1. The first-order valence-corrected chi connectivity index (χ1v) is 9.74. The molecule has 3 rings (SSSR count). The zero-order chi connectivity index (χ0) is 20.6. The number of hydrogen-bond donors (Lipinski definition) is 2. The van der Waals surface area contributed by atoms with E-state index < -0.39 is 11.8 Å². The first-order valence-electron chi connectivity index (χ1n) is 9.36. The Hall–Kier alpha value is -3.06. The Kier molecular flexibility index (Phi) is 7.08. The Morgan fingerprint density at radius 1 is 1.14 bits per heavy atom. The van der Waals surface area contributed by atoms with Gasteiger partial charge in [0.2, 0.25) is 5.91 Å². The lowest BCUT2D eigenvalue weighted by atomic mass is 9.96. The van der Waals surface area contributed by atoms with Gasteiger partial charge in [0.1, 0.15) is 5.76 Å². The summed E-state index contributed by atoms with van der Waals surface area (Å²) < 4.78 is 5.17. The van der Waals surface area contributed by atoms with Crippen LogP contribution in [0.2, 0.25) is 5.02 Å². The predicted molar refractivity (Wildman–Crippen MR) is 110 cm³/mol. The lowest BCUT2D eigenvalue weighted by Gasteiger charge is -2.31. The van der Waals surface area contributed by atoms with E-state index in [2.05, 4.69) is 10.6 Å². The van der Waals surface area contributed by atoms with Gasteiger partial charge in [0, 0.05) is 36.4 Å². The van der Waals surface area contributed by atoms with Crippen molar-refractivity contribution >= 4 is 41.1 Å². The number of nitrogens with one attached hydrogen (secondary N) is 2. The molecular formula is C21H22ClN3O4. The van der Waals surface area contributed by atoms with Crippen LogP contribution in [0.5, 0.6) is 0 Å². The van der Waals surface area contributed by atoms with Crippen molar-refractivity contribution < 1.29 is 18.8 Å². The van der Waals surface area contributed by atoms with Crippen LogP contribution in [0.25, 0.3) is 6.08 Å². The molecule has 2 N–H and O–H groups in total. The molecule has 0 spiro atoms. The van der Waals surface area contributed by atoms with E-state index in [1.165, 1.54) is 6.08 Å². The molecule has 1 aromatic carbocycles. The highest BCUT2D eigenvalue weighted by Crippen LogP contribution is 2.17. The van der Waals surface area contributed by atoms with Gasteiger partial charge in [-0.25, -0.2) is 0 Å². The third-order valence-corrected chi connectivity index (χ3v) is 4.93. The van der Waals surface area contributed by atoms with Crippen LogP contribution >= 0.6 is 11.6 Å². The molecule has 0 radical (unpaired) electrons. The number of hydrogen-bond acceptors (Lipinski definition) is 4. The highest BCUT2D eigenvalue weighted by atomic mass is 35.5. The van der Waals surface area contributed by atoms with Crippen molar-refractivity contribution in [1.82, 2.24) is 10.2 Å². The fraction of sp³-hybridized carbons (Fsp3) is 0.286. The molecule has 1 fully saturated rings. The Morgan fingerprint density at radius 2 is 1.93 bits per heavy atom. The van der Waals surface area contributed by atoms with Gasteiger partial charge in [-0.05, 0) is 55.2 Å². The molecule has 7 nitrogen and oxygen atoms in total. The summed E-state index contributed by atoms with van der Waals surface area (Å²) in [4.78, 5) is 38.0. The fourth-order valence-electron chi connectivity index (χ4n) is 3.07. The fourth-order valence-corrected chi connectivity index (χ4v) is 3.26. The normalized spacial score (nSPS) is 14.7. The molecule has 1 aliphatic heterocycles. The van der Waals surface area contributed by atoms with E-state index in [4.69, 9.17) is 16.0 Å². The van der Waals surface area contributed by atoms with Crippen LogP contribution in [0, 0.1) is 5.92 Å². The van der Waals surface area contributed by atoms with Crippen molar-refractivity contribution in [2.45, 2.75) is 12.8 Å². The van der Waals surface area contributed by atoms with Crippen molar-refractivity contribution in [3.8, 4) is 0 Å². The second-order valence-corrected chi connectivity index (χ2v) is 7.23. The van der Waals surface area contributed by atoms with Crippen molar-refractivity contribution in [1.29, 1.82) is 0 Å². The van der Waals surface area contributed by atoms with Crippen LogP contribution in [0.4, 0.5) is 5.69 Å². The zero-order valence-electron chi connectivity index (χ0n) is 15.8. The minimum absolute atomic E-state index is 0.0650. The van der Waals surface area contributed by atoms with Crippen LogP contribution in [0.1, 0.15) is 18.6 Å². The summed E-state index contributed by atoms with van der Waals surface area (Å²) >= 11 is 5.86. The molecule has 2 heterocycles. The summed E-state index contributed by atoms with van der Waals surface area (Å²) in [5, 5.41) is 5.65. The van der Waals surface area contributed by atoms with Crippen molar-refractivity contribution in [3.05, 3.63) is 59.5 Å². The molecule has 0 aliphatic carbocycles. The van der Waals surface area contributed by atoms with Gasteiger partial charge in [-0.2, -0.15) is 0 Å². The summed E-state index contributed by atoms with van der Waals surface area (Å²) in [7, 11) is 0. The minimum atomic E-state index is -0.733.